The zero-order chi connectivity index (χ0) is 17.7. The normalized spacial score (nSPS) is 18.6. The van der Waals surface area contributed by atoms with Crippen LogP contribution in [0, 0.1) is 0 Å². The van der Waals surface area contributed by atoms with Crippen LogP contribution in [0.2, 0.25) is 0 Å². The third kappa shape index (κ3) is 4.39. The highest BCUT2D eigenvalue weighted by Gasteiger charge is 2.23. The van der Waals surface area contributed by atoms with Crippen LogP contribution in [0.4, 0.5) is 0 Å². The molecule has 24 heavy (non-hydrogen) atoms. The van der Waals surface area contributed by atoms with Gasteiger partial charge in [0.15, 0.2) is 0 Å². The van der Waals surface area contributed by atoms with Gasteiger partial charge in [0, 0.05) is 30.8 Å². The molecule has 1 aliphatic heterocycles. The number of hydrogen-bond donors (Lipinski definition) is 1. The standard InChI is InChI=1S/C18H28N2O4/c1-19(11-13-7-5-6-8-20(13)2)12-16-15(18(21)22)9-14(23-3)10-17(16)24-4/h9-10,13H,5-8,11-12H2,1-4H3,(H,21,22). The first-order chi connectivity index (χ1) is 11.5. The molecule has 6 nitrogen and oxygen atoms in total. The van der Waals surface area contributed by atoms with Gasteiger partial charge in [-0.15, -0.1) is 0 Å². The highest BCUT2D eigenvalue weighted by molar-refractivity contribution is 5.91. The van der Waals surface area contributed by atoms with Gasteiger partial charge in [-0.2, -0.15) is 0 Å². The first-order valence-electron chi connectivity index (χ1n) is 8.33. The van der Waals surface area contributed by atoms with Crippen molar-refractivity contribution >= 4 is 5.97 Å². The van der Waals surface area contributed by atoms with Crippen LogP contribution in [0.15, 0.2) is 12.1 Å². The number of ether oxygens (including phenoxy) is 2. The molecule has 2 rings (SSSR count). The van der Waals surface area contributed by atoms with Crippen LogP contribution in [0.3, 0.4) is 0 Å². The van der Waals surface area contributed by atoms with Crippen LogP contribution in [-0.4, -0.2) is 68.3 Å². The maximum Gasteiger partial charge on any atom is 0.336 e. The molecule has 1 N–H and O–H groups in total. The van der Waals surface area contributed by atoms with Crippen molar-refractivity contribution in [3.05, 3.63) is 23.3 Å². The Hall–Kier alpha value is -1.79. The first kappa shape index (κ1) is 18.5. The summed E-state index contributed by atoms with van der Waals surface area (Å²) in [4.78, 5) is 16.2. The summed E-state index contributed by atoms with van der Waals surface area (Å²) in [7, 11) is 7.26. The fourth-order valence-corrected chi connectivity index (χ4v) is 3.34. The fourth-order valence-electron chi connectivity index (χ4n) is 3.34. The van der Waals surface area contributed by atoms with Crippen LogP contribution in [0.25, 0.3) is 0 Å². The van der Waals surface area contributed by atoms with E-state index in [4.69, 9.17) is 9.47 Å². The lowest BCUT2D eigenvalue weighted by Gasteiger charge is -2.35. The third-order valence-corrected chi connectivity index (χ3v) is 4.74. The molecule has 0 radical (unpaired) electrons. The Kier molecular flexibility index (Phi) is 6.45. The zero-order valence-corrected chi connectivity index (χ0v) is 15.0. The molecule has 0 bridgehead atoms. The third-order valence-electron chi connectivity index (χ3n) is 4.74. The van der Waals surface area contributed by atoms with E-state index in [-0.39, 0.29) is 5.56 Å². The first-order valence-corrected chi connectivity index (χ1v) is 8.33. The van der Waals surface area contributed by atoms with Gasteiger partial charge in [0.2, 0.25) is 0 Å². The molecule has 1 aromatic carbocycles. The van der Waals surface area contributed by atoms with Crippen molar-refractivity contribution < 1.29 is 19.4 Å². The Morgan fingerprint density at radius 3 is 2.67 bits per heavy atom. The van der Waals surface area contributed by atoms with E-state index in [0.29, 0.717) is 29.6 Å². The number of carboxylic acid groups (broad SMARTS) is 1. The average molecular weight is 336 g/mol. The van der Waals surface area contributed by atoms with Gasteiger partial charge in [-0.25, -0.2) is 4.79 Å². The lowest BCUT2D eigenvalue weighted by Crippen LogP contribution is -2.43. The van der Waals surface area contributed by atoms with Crippen LogP contribution < -0.4 is 9.47 Å². The Balaban J connectivity index is 2.19. The number of likely N-dealkylation sites (N-methyl/N-ethyl adjacent to an activating group) is 2. The largest absolute Gasteiger partial charge is 0.497 e. The van der Waals surface area contributed by atoms with E-state index in [1.807, 2.05) is 7.05 Å². The number of aromatic carboxylic acids is 1. The molecule has 134 valence electrons. The Bertz CT molecular complexity index is 576. The summed E-state index contributed by atoms with van der Waals surface area (Å²) < 4.78 is 10.6. The van der Waals surface area contributed by atoms with Gasteiger partial charge in [0.25, 0.3) is 0 Å². The molecule has 1 heterocycles. The monoisotopic (exact) mass is 336 g/mol. The van der Waals surface area contributed by atoms with E-state index < -0.39 is 5.97 Å². The molecule has 0 aromatic heterocycles. The van der Waals surface area contributed by atoms with Crippen LogP contribution in [0.1, 0.15) is 35.2 Å². The highest BCUT2D eigenvalue weighted by atomic mass is 16.5. The van der Waals surface area contributed by atoms with Crippen molar-refractivity contribution in [1.82, 2.24) is 9.80 Å². The number of benzene rings is 1. The summed E-state index contributed by atoms with van der Waals surface area (Å²) in [5.41, 5.74) is 0.918. The fraction of sp³-hybridized carbons (Fsp3) is 0.611. The number of likely N-dealkylation sites (tertiary alicyclic amines) is 1. The second-order valence-electron chi connectivity index (χ2n) is 6.49. The molecule has 1 saturated heterocycles. The number of nitrogens with zero attached hydrogens (tertiary/aromatic N) is 2. The molecular formula is C18H28N2O4. The number of methoxy groups -OCH3 is 2. The van der Waals surface area contributed by atoms with Gasteiger partial charge in [0.05, 0.1) is 19.8 Å². The second kappa shape index (κ2) is 8.35. The molecule has 0 amide bonds. The SMILES string of the molecule is COc1cc(OC)c(CN(C)CC2CCCCN2C)c(C(=O)O)c1. The van der Waals surface area contributed by atoms with E-state index in [1.54, 1.807) is 19.2 Å². The number of rotatable bonds is 7. The van der Waals surface area contributed by atoms with E-state index in [0.717, 1.165) is 13.1 Å². The Morgan fingerprint density at radius 1 is 1.33 bits per heavy atom. The molecule has 0 saturated carbocycles. The molecule has 1 atom stereocenters. The average Bonchev–Trinajstić information content (AvgIpc) is 2.56. The number of carboxylic acids is 1. The lowest BCUT2D eigenvalue weighted by atomic mass is 10.0. The van der Waals surface area contributed by atoms with Crippen molar-refractivity contribution in [2.45, 2.75) is 31.8 Å². The molecule has 0 spiro atoms. The topological polar surface area (TPSA) is 62.2 Å². The van der Waals surface area contributed by atoms with Gasteiger partial charge in [-0.05, 0) is 39.5 Å². The summed E-state index contributed by atoms with van der Waals surface area (Å²) in [6.45, 7) is 2.56. The van der Waals surface area contributed by atoms with Crippen molar-refractivity contribution in [2.75, 3.05) is 41.4 Å². The molecular weight excluding hydrogens is 308 g/mol. The minimum Gasteiger partial charge on any atom is -0.497 e. The maximum absolute atomic E-state index is 11.6. The highest BCUT2D eigenvalue weighted by Crippen LogP contribution is 2.30. The summed E-state index contributed by atoms with van der Waals surface area (Å²) >= 11 is 0. The van der Waals surface area contributed by atoms with Gasteiger partial charge in [-0.3, -0.25) is 0 Å². The van der Waals surface area contributed by atoms with E-state index in [1.165, 1.54) is 26.4 Å². The molecule has 1 unspecified atom stereocenters. The van der Waals surface area contributed by atoms with Crippen LogP contribution >= 0.6 is 0 Å². The molecule has 1 aliphatic rings. The smallest absolute Gasteiger partial charge is 0.336 e. The molecule has 1 fully saturated rings. The molecule has 1 aromatic rings. The predicted octanol–water partition coefficient (Wildman–Crippen LogP) is 2.32. The quantitative estimate of drug-likeness (QED) is 0.824. The predicted molar refractivity (Wildman–Crippen MR) is 93.1 cm³/mol. The van der Waals surface area contributed by atoms with Crippen molar-refractivity contribution in [3.63, 3.8) is 0 Å². The van der Waals surface area contributed by atoms with E-state index >= 15 is 0 Å². The summed E-state index contributed by atoms with van der Waals surface area (Å²) in [6, 6.07) is 3.81. The molecule has 6 heteroatoms. The van der Waals surface area contributed by atoms with E-state index in [9.17, 15) is 9.90 Å². The Morgan fingerprint density at radius 2 is 2.08 bits per heavy atom. The zero-order valence-electron chi connectivity index (χ0n) is 15.0. The second-order valence-corrected chi connectivity index (χ2v) is 6.49. The van der Waals surface area contributed by atoms with Crippen molar-refractivity contribution in [3.8, 4) is 11.5 Å². The van der Waals surface area contributed by atoms with E-state index in [2.05, 4.69) is 16.8 Å². The van der Waals surface area contributed by atoms with Crippen molar-refractivity contribution in [2.24, 2.45) is 0 Å². The van der Waals surface area contributed by atoms with Gasteiger partial charge >= 0.3 is 5.97 Å². The number of piperidine rings is 1. The van der Waals surface area contributed by atoms with Gasteiger partial charge in [0.1, 0.15) is 11.5 Å². The Labute approximate surface area is 144 Å². The van der Waals surface area contributed by atoms with Crippen molar-refractivity contribution in [1.29, 1.82) is 0 Å². The van der Waals surface area contributed by atoms with Gasteiger partial charge in [-0.1, -0.05) is 6.42 Å². The minimum absolute atomic E-state index is 0.232. The lowest BCUT2D eigenvalue weighted by molar-refractivity contribution is 0.0693. The minimum atomic E-state index is -0.967. The maximum atomic E-state index is 11.6. The molecule has 0 aliphatic carbocycles. The summed E-state index contributed by atoms with van der Waals surface area (Å²) in [6.07, 6.45) is 3.70. The van der Waals surface area contributed by atoms with Crippen LogP contribution in [-0.2, 0) is 6.54 Å². The summed E-state index contributed by atoms with van der Waals surface area (Å²) in [5, 5.41) is 9.54. The van der Waals surface area contributed by atoms with Gasteiger partial charge < -0.3 is 24.4 Å². The number of hydrogen-bond acceptors (Lipinski definition) is 5. The summed E-state index contributed by atoms with van der Waals surface area (Å²) in [5.74, 6) is 0.0728. The van der Waals surface area contributed by atoms with Crippen LogP contribution in [0.5, 0.6) is 11.5 Å². The number of carbonyl (C=O) groups is 1.